The van der Waals surface area contributed by atoms with Gasteiger partial charge in [0, 0.05) is 0 Å². The van der Waals surface area contributed by atoms with E-state index >= 15 is 0 Å². The van der Waals surface area contributed by atoms with Gasteiger partial charge < -0.3 is 5.11 Å². The van der Waals surface area contributed by atoms with Crippen LogP contribution in [0, 0.1) is 0 Å². The molecule has 0 aromatic carbocycles. The third-order valence-corrected chi connectivity index (χ3v) is 1.92. The van der Waals surface area contributed by atoms with Gasteiger partial charge in [-0.15, -0.1) is 0 Å². The number of hydrogen-bond donors (Lipinski definition) is 1. The third kappa shape index (κ3) is 4.38. The molecule has 0 rings (SSSR count). The van der Waals surface area contributed by atoms with Crippen LogP contribution in [0.1, 0.15) is 13.8 Å². The van der Waals surface area contributed by atoms with E-state index in [1.807, 2.05) is 0 Å². The van der Waals surface area contributed by atoms with Crippen LogP contribution < -0.4 is 0 Å². The maximum Gasteiger partial charge on any atom is 0.269 e. The minimum atomic E-state index is -3.47. The minimum absolute atomic E-state index is 0.113. The molecular weight excluding hydrogens is 144 g/mol. The highest BCUT2D eigenvalue weighted by molar-refractivity contribution is 7.86. The van der Waals surface area contributed by atoms with Gasteiger partial charge in [-0.05, 0) is 13.8 Å². The quantitative estimate of drug-likeness (QED) is 0.447. The molecule has 0 saturated carbocycles. The maximum atomic E-state index is 10.4. The molecule has 9 heavy (non-hydrogen) atoms. The lowest BCUT2D eigenvalue weighted by molar-refractivity contribution is 0.00560. The van der Waals surface area contributed by atoms with Crippen molar-refractivity contribution in [2.45, 2.75) is 20.1 Å². The molecule has 5 heteroatoms. The molecule has 0 spiro atoms. The summed E-state index contributed by atoms with van der Waals surface area (Å²) < 4.78 is 25.0. The first kappa shape index (κ1) is 8.87. The molecule has 56 valence electrons. The second kappa shape index (κ2) is 3.14. The molecule has 0 heterocycles. The van der Waals surface area contributed by atoms with E-state index in [2.05, 4.69) is 4.18 Å². The van der Waals surface area contributed by atoms with E-state index in [0.29, 0.717) is 0 Å². The van der Waals surface area contributed by atoms with Gasteiger partial charge in [0.05, 0.1) is 5.75 Å². The standard InChI is InChI=1S/C4H10O4S/c1-3-9(6,7)8-4(2)5/h4-5H,3H2,1-2H3. The average Bonchev–Trinajstić information content (AvgIpc) is 1.63. The average molecular weight is 154 g/mol. The summed E-state index contributed by atoms with van der Waals surface area (Å²) in [6.07, 6.45) is -1.24. The molecule has 0 amide bonds. The second-order valence-electron chi connectivity index (χ2n) is 1.54. The van der Waals surface area contributed by atoms with Crippen LogP contribution >= 0.6 is 0 Å². The van der Waals surface area contributed by atoms with Gasteiger partial charge in [-0.1, -0.05) is 0 Å². The summed E-state index contributed by atoms with van der Waals surface area (Å²) in [6, 6.07) is 0. The molecule has 0 aliphatic rings. The fourth-order valence-corrected chi connectivity index (χ4v) is 0.841. The molecule has 4 nitrogen and oxygen atoms in total. The van der Waals surface area contributed by atoms with Crippen LogP contribution in [0.2, 0.25) is 0 Å². The fourth-order valence-electron chi connectivity index (χ4n) is 0.280. The van der Waals surface area contributed by atoms with Crippen molar-refractivity contribution in [3.63, 3.8) is 0 Å². The van der Waals surface area contributed by atoms with Crippen molar-refractivity contribution < 1.29 is 17.7 Å². The van der Waals surface area contributed by atoms with Crippen LogP contribution in [0.4, 0.5) is 0 Å². The van der Waals surface area contributed by atoms with Crippen LogP contribution in [0.3, 0.4) is 0 Å². The van der Waals surface area contributed by atoms with Crippen molar-refractivity contribution >= 4 is 10.1 Å². The van der Waals surface area contributed by atoms with E-state index in [1.165, 1.54) is 13.8 Å². The van der Waals surface area contributed by atoms with Gasteiger partial charge in [-0.2, -0.15) is 8.42 Å². The Labute approximate surface area is 54.6 Å². The predicted octanol–water partition coefficient (Wildman–Crippen LogP) is -0.309. The van der Waals surface area contributed by atoms with Crippen molar-refractivity contribution in [3.05, 3.63) is 0 Å². The van der Waals surface area contributed by atoms with Gasteiger partial charge in [0.25, 0.3) is 10.1 Å². The number of aliphatic hydroxyl groups excluding tert-OH is 1. The Balaban J connectivity index is 3.90. The minimum Gasteiger partial charge on any atom is -0.367 e. The maximum absolute atomic E-state index is 10.4. The van der Waals surface area contributed by atoms with Crippen LogP contribution in [0.25, 0.3) is 0 Å². The van der Waals surface area contributed by atoms with Gasteiger partial charge in [0.2, 0.25) is 0 Å². The summed E-state index contributed by atoms with van der Waals surface area (Å²) in [7, 11) is -3.47. The Kier molecular flexibility index (Phi) is 3.10. The fraction of sp³-hybridized carbons (Fsp3) is 1.00. The van der Waals surface area contributed by atoms with Crippen molar-refractivity contribution in [1.29, 1.82) is 0 Å². The van der Waals surface area contributed by atoms with Crippen LogP contribution in [0.5, 0.6) is 0 Å². The van der Waals surface area contributed by atoms with E-state index in [4.69, 9.17) is 5.11 Å². The van der Waals surface area contributed by atoms with Crippen LogP contribution in [-0.2, 0) is 14.3 Å². The summed E-state index contributed by atoms with van der Waals surface area (Å²) in [4.78, 5) is 0. The molecule has 0 fully saturated rings. The lowest BCUT2D eigenvalue weighted by atomic mass is 10.8. The molecule has 1 unspecified atom stereocenters. The Morgan fingerprint density at radius 2 is 2.11 bits per heavy atom. The van der Waals surface area contributed by atoms with Gasteiger partial charge in [0.1, 0.15) is 0 Å². The SMILES string of the molecule is CCS(=O)(=O)OC(C)O. The third-order valence-electron chi connectivity index (χ3n) is 0.639. The summed E-state index contributed by atoms with van der Waals surface area (Å²) >= 11 is 0. The van der Waals surface area contributed by atoms with Crippen molar-refractivity contribution in [3.8, 4) is 0 Å². The molecule has 1 atom stereocenters. The molecule has 0 aliphatic carbocycles. The van der Waals surface area contributed by atoms with E-state index in [0.717, 1.165) is 0 Å². The second-order valence-corrected chi connectivity index (χ2v) is 3.43. The first-order valence-electron chi connectivity index (χ1n) is 2.57. The van der Waals surface area contributed by atoms with Crippen molar-refractivity contribution in [2.75, 3.05) is 5.75 Å². The monoisotopic (exact) mass is 154 g/mol. The molecule has 0 bridgehead atoms. The topological polar surface area (TPSA) is 63.6 Å². The number of rotatable bonds is 3. The Hall–Kier alpha value is -0.130. The molecule has 0 aromatic rings. The highest BCUT2D eigenvalue weighted by Crippen LogP contribution is 1.95. The zero-order valence-electron chi connectivity index (χ0n) is 5.36. The van der Waals surface area contributed by atoms with E-state index in [1.54, 1.807) is 0 Å². The molecule has 0 radical (unpaired) electrons. The Morgan fingerprint density at radius 3 is 2.22 bits per heavy atom. The van der Waals surface area contributed by atoms with Crippen molar-refractivity contribution in [1.82, 2.24) is 0 Å². The van der Waals surface area contributed by atoms with Gasteiger partial charge in [-0.25, -0.2) is 4.18 Å². The molecule has 0 saturated heterocycles. The number of aliphatic hydroxyl groups is 1. The van der Waals surface area contributed by atoms with Crippen LogP contribution in [-0.4, -0.2) is 25.6 Å². The normalized spacial score (nSPS) is 15.4. The zero-order chi connectivity index (χ0) is 7.49. The summed E-state index contributed by atoms with van der Waals surface area (Å²) in [5, 5.41) is 8.42. The van der Waals surface area contributed by atoms with Gasteiger partial charge >= 0.3 is 0 Å². The largest absolute Gasteiger partial charge is 0.367 e. The summed E-state index contributed by atoms with van der Waals surface area (Å²) in [5.41, 5.74) is 0. The smallest absolute Gasteiger partial charge is 0.269 e. The Morgan fingerprint density at radius 1 is 1.67 bits per heavy atom. The number of hydrogen-bond acceptors (Lipinski definition) is 4. The Bertz CT molecular complexity index is 157. The molecule has 1 N–H and O–H groups in total. The molecule has 0 aliphatic heterocycles. The highest BCUT2D eigenvalue weighted by atomic mass is 32.2. The lowest BCUT2D eigenvalue weighted by Crippen LogP contribution is -2.15. The first-order valence-corrected chi connectivity index (χ1v) is 4.14. The van der Waals surface area contributed by atoms with Gasteiger partial charge in [0.15, 0.2) is 6.29 Å². The molecule has 0 aromatic heterocycles. The zero-order valence-corrected chi connectivity index (χ0v) is 6.18. The molecular formula is C4H10O4S. The lowest BCUT2D eigenvalue weighted by Gasteiger charge is -2.03. The highest BCUT2D eigenvalue weighted by Gasteiger charge is 2.09. The summed E-state index contributed by atoms with van der Waals surface area (Å²) in [6.45, 7) is 2.69. The van der Waals surface area contributed by atoms with E-state index in [9.17, 15) is 8.42 Å². The predicted molar refractivity (Wildman–Crippen MR) is 32.2 cm³/mol. The van der Waals surface area contributed by atoms with Crippen LogP contribution in [0.15, 0.2) is 0 Å². The van der Waals surface area contributed by atoms with Crippen molar-refractivity contribution in [2.24, 2.45) is 0 Å². The van der Waals surface area contributed by atoms with E-state index < -0.39 is 16.4 Å². The van der Waals surface area contributed by atoms with E-state index in [-0.39, 0.29) is 5.75 Å². The summed E-state index contributed by atoms with van der Waals surface area (Å²) in [5.74, 6) is -0.113. The first-order chi connectivity index (χ1) is 3.98. The van der Waals surface area contributed by atoms with Gasteiger partial charge in [-0.3, -0.25) is 0 Å².